The van der Waals surface area contributed by atoms with Gasteiger partial charge in [0.15, 0.2) is 0 Å². The van der Waals surface area contributed by atoms with Gasteiger partial charge in [-0.3, -0.25) is 4.79 Å². The van der Waals surface area contributed by atoms with Crippen LogP contribution in [0.15, 0.2) is 24.3 Å². The minimum Gasteiger partial charge on any atom is -0.342 e. The molecule has 0 unspecified atom stereocenters. The number of piperidine rings is 1. The SMILES string of the molecule is O=C(Cc1cccc(C(F)F)c1)N1CCC[C@@H](C(F)(F)F)C1. The first-order valence-corrected chi connectivity index (χ1v) is 6.99. The fraction of sp³-hybridized carbons (Fsp3) is 0.533. The van der Waals surface area contributed by atoms with E-state index in [2.05, 4.69) is 0 Å². The lowest BCUT2D eigenvalue weighted by atomic mass is 9.97. The molecule has 0 spiro atoms. The Bertz CT molecular complexity index is 529. The summed E-state index contributed by atoms with van der Waals surface area (Å²) in [5.74, 6) is -1.96. The Balaban J connectivity index is 2.01. The molecule has 1 aliphatic heterocycles. The average Bonchev–Trinajstić information content (AvgIpc) is 2.46. The summed E-state index contributed by atoms with van der Waals surface area (Å²) < 4.78 is 63.4. The van der Waals surface area contributed by atoms with Crippen molar-refractivity contribution in [3.05, 3.63) is 35.4 Å². The van der Waals surface area contributed by atoms with Crippen LogP contribution in [0, 0.1) is 5.92 Å². The Morgan fingerprint density at radius 3 is 2.68 bits per heavy atom. The number of amides is 1. The molecule has 2 rings (SSSR count). The molecule has 1 saturated heterocycles. The van der Waals surface area contributed by atoms with Crippen LogP contribution in [-0.2, 0) is 11.2 Å². The van der Waals surface area contributed by atoms with Crippen molar-refractivity contribution in [2.75, 3.05) is 13.1 Å². The van der Waals surface area contributed by atoms with Crippen LogP contribution in [0.1, 0.15) is 30.4 Å². The number of alkyl halides is 5. The van der Waals surface area contributed by atoms with Gasteiger partial charge < -0.3 is 4.90 Å². The third-order valence-electron chi connectivity index (χ3n) is 3.80. The second-order valence-corrected chi connectivity index (χ2v) is 5.44. The van der Waals surface area contributed by atoms with Crippen LogP contribution in [0.2, 0.25) is 0 Å². The molecular formula is C15H16F5NO. The van der Waals surface area contributed by atoms with E-state index in [9.17, 15) is 26.7 Å². The van der Waals surface area contributed by atoms with E-state index in [-0.39, 0.29) is 31.5 Å². The molecule has 0 radical (unpaired) electrons. The quantitative estimate of drug-likeness (QED) is 0.772. The predicted octanol–water partition coefficient (Wildman–Crippen LogP) is 3.97. The van der Waals surface area contributed by atoms with Crippen molar-refractivity contribution in [2.24, 2.45) is 5.92 Å². The number of hydrogen-bond acceptors (Lipinski definition) is 1. The Kier molecular flexibility index (Phi) is 5.03. The third kappa shape index (κ3) is 4.18. The monoisotopic (exact) mass is 321 g/mol. The van der Waals surface area contributed by atoms with E-state index in [1.54, 1.807) is 0 Å². The van der Waals surface area contributed by atoms with Gasteiger partial charge in [0, 0.05) is 18.7 Å². The smallest absolute Gasteiger partial charge is 0.342 e. The number of nitrogens with zero attached hydrogens (tertiary/aromatic N) is 1. The summed E-state index contributed by atoms with van der Waals surface area (Å²) in [6, 6.07) is 5.40. The second kappa shape index (κ2) is 6.62. The predicted molar refractivity (Wildman–Crippen MR) is 70.5 cm³/mol. The van der Waals surface area contributed by atoms with Gasteiger partial charge in [-0.2, -0.15) is 13.2 Å². The zero-order chi connectivity index (χ0) is 16.3. The Morgan fingerprint density at radius 2 is 2.05 bits per heavy atom. The van der Waals surface area contributed by atoms with Crippen molar-refractivity contribution in [3.63, 3.8) is 0 Å². The molecule has 0 N–H and O–H groups in total. The van der Waals surface area contributed by atoms with E-state index in [0.717, 1.165) is 0 Å². The highest BCUT2D eigenvalue weighted by atomic mass is 19.4. The van der Waals surface area contributed by atoms with Gasteiger partial charge in [-0.1, -0.05) is 18.2 Å². The number of likely N-dealkylation sites (tertiary alicyclic amines) is 1. The van der Waals surface area contributed by atoms with Gasteiger partial charge in [-0.05, 0) is 24.5 Å². The number of carbonyl (C=O) groups is 1. The fourth-order valence-electron chi connectivity index (χ4n) is 2.60. The van der Waals surface area contributed by atoms with Crippen LogP contribution in [0.5, 0.6) is 0 Å². The normalized spacial score (nSPS) is 19.5. The summed E-state index contributed by atoms with van der Waals surface area (Å²) in [6.45, 7) is -0.0726. The summed E-state index contributed by atoms with van der Waals surface area (Å²) in [4.78, 5) is 13.3. The minimum atomic E-state index is -4.31. The zero-order valence-electron chi connectivity index (χ0n) is 11.7. The molecule has 1 fully saturated rings. The molecule has 22 heavy (non-hydrogen) atoms. The molecule has 1 aromatic rings. The van der Waals surface area contributed by atoms with E-state index in [1.807, 2.05) is 0 Å². The number of benzene rings is 1. The molecule has 0 aliphatic carbocycles. The number of carbonyl (C=O) groups excluding carboxylic acids is 1. The molecule has 1 amide bonds. The minimum absolute atomic E-state index is 0.0220. The molecule has 1 aliphatic rings. The molecule has 1 atom stereocenters. The third-order valence-corrected chi connectivity index (χ3v) is 3.80. The molecule has 1 heterocycles. The van der Waals surface area contributed by atoms with Crippen LogP contribution in [0.4, 0.5) is 22.0 Å². The standard InChI is InChI=1S/C15H16F5NO/c16-14(17)11-4-1-3-10(7-11)8-13(22)21-6-2-5-12(9-21)15(18,19)20/h1,3-4,7,12,14H,2,5-6,8-9H2/t12-/m1/s1. The van der Waals surface area contributed by atoms with Gasteiger partial charge in [0.25, 0.3) is 6.43 Å². The van der Waals surface area contributed by atoms with Gasteiger partial charge in [0.05, 0.1) is 12.3 Å². The van der Waals surface area contributed by atoms with Crippen LogP contribution in [0.3, 0.4) is 0 Å². The van der Waals surface area contributed by atoms with Crippen molar-refractivity contribution in [1.82, 2.24) is 4.90 Å². The highest BCUT2D eigenvalue weighted by Gasteiger charge is 2.42. The van der Waals surface area contributed by atoms with Crippen molar-refractivity contribution >= 4 is 5.91 Å². The van der Waals surface area contributed by atoms with Crippen LogP contribution in [-0.4, -0.2) is 30.1 Å². The number of hydrogen-bond donors (Lipinski definition) is 0. The number of rotatable bonds is 3. The average molecular weight is 321 g/mol. The summed E-state index contributed by atoms with van der Waals surface area (Å²) in [5, 5.41) is 0. The topological polar surface area (TPSA) is 20.3 Å². The Labute approximate surface area is 124 Å². The summed E-state index contributed by atoms with van der Waals surface area (Å²) in [6.07, 6.45) is -6.79. The van der Waals surface area contributed by atoms with E-state index < -0.39 is 24.4 Å². The lowest BCUT2D eigenvalue weighted by Crippen LogP contribution is -2.45. The summed E-state index contributed by atoms with van der Waals surface area (Å²) in [5.41, 5.74) is 0.189. The van der Waals surface area contributed by atoms with Crippen molar-refractivity contribution in [1.29, 1.82) is 0 Å². The Morgan fingerprint density at radius 1 is 1.32 bits per heavy atom. The van der Waals surface area contributed by atoms with Gasteiger partial charge in [-0.15, -0.1) is 0 Å². The summed E-state index contributed by atoms with van der Waals surface area (Å²) >= 11 is 0. The Hall–Kier alpha value is -1.66. The highest BCUT2D eigenvalue weighted by molar-refractivity contribution is 5.79. The fourth-order valence-corrected chi connectivity index (χ4v) is 2.60. The van der Waals surface area contributed by atoms with Gasteiger partial charge in [0.1, 0.15) is 0 Å². The van der Waals surface area contributed by atoms with Crippen molar-refractivity contribution < 1.29 is 26.7 Å². The number of halogens is 5. The maximum absolute atomic E-state index is 12.7. The molecule has 0 aromatic heterocycles. The molecule has 1 aromatic carbocycles. The van der Waals surface area contributed by atoms with E-state index in [0.29, 0.717) is 12.0 Å². The lowest BCUT2D eigenvalue weighted by Gasteiger charge is -2.33. The maximum Gasteiger partial charge on any atom is 0.393 e. The molecule has 0 saturated carbocycles. The molecule has 0 bridgehead atoms. The molecular weight excluding hydrogens is 305 g/mol. The van der Waals surface area contributed by atoms with Gasteiger partial charge >= 0.3 is 6.18 Å². The molecule has 2 nitrogen and oxygen atoms in total. The summed E-state index contributed by atoms with van der Waals surface area (Å²) in [7, 11) is 0. The molecule has 122 valence electrons. The highest BCUT2D eigenvalue weighted by Crippen LogP contribution is 2.33. The van der Waals surface area contributed by atoms with E-state index >= 15 is 0 Å². The molecule has 7 heteroatoms. The maximum atomic E-state index is 12.7. The first-order chi connectivity index (χ1) is 10.3. The lowest BCUT2D eigenvalue weighted by molar-refractivity contribution is -0.187. The van der Waals surface area contributed by atoms with Crippen molar-refractivity contribution in [3.8, 4) is 0 Å². The van der Waals surface area contributed by atoms with Crippen LogP contribution in [0.25, 0.3) is 0 Å². The first kappa shape index (κ1) is 16.7. The van der Waals surface area contributed by atoms with Gasteiger partial charge in [0.2, 0.25) is 5.91 Å². The van der Waals surface area contributed by atoms with Crippen molar-refractivity contribution in [2.45, 2.75) is 31.9 Å². The largest absolute Gasteiger partial charge is 0.393 e. The van der Waals surface area contributed by atoms with Gasteiger partial charge in [-0.25, -0.2) is 8.78 Å². The van der Waals surface area contributed by atoms with E-state index in [4.69, 9.17) is 0 Å². The second-order valence-electron chi connectivity index (χ2n) is 5.44. The van der Waals surface area contributed by atoms with Crippen LogP contribution >= 0.6 is 0 Å². The van der Waals surface area contributed by atoms with Crippen LogP contribution < -0.4 is 0 Å². The zero-order valence-corrected chi connectivity index (χ0v) is 11.7. The first-order valence-electron chi connectivity index (χ1n) is 6.99. The van der Waals surface area contributed by atoms with E-state index in [1.165, 1.54) is 29.2 Å².